The number of benzene rings is 2. The van der Waals surface area contributed by atoms with E-state index in [-0.39, 0.29) is 5.02 Å². The minimum atomic E-state index is -0.467. The lowest BCUT2D eigenvalue weighted by Crippen LogP contribution is -2.30. The lowest BCUT2D eigenvalue weighted by molar-refractivity contribution is 0.628. The third-order valence-electron chi connectivity index (χ3n) is 2.86. The molecule has 2 nitrogen and oxygen atoms in total. The zero-order valence-corrected chi connectivity index (χ0v) is 14.4. The Morgan fingerprint density at radius 2 is 1.77 bits per heavy atom. The van der Waals surface area contributed by atoms with Gasteiger partial charge in [0, 0.05) is 12.2 Å². The zero-order valence-electron chi connectivity index (χ0n) is 11.3. The van der Waals surface area contributed by atoms with Gasteiger partial charge in [-0.15, -0.1) is 0 Å². The van der Waals surface area contributed by atoms with Crippen LogP contribution in [0, 0.1) is 5.82 Å². The van der Waals surface area contributed by atoms with Gasteiger partial charge in [0.25, 0.3) is 0 Å². The normalized spacial score (nSPS) is 10.4. The SMILES string of the molecule is Fc1ccc(NC(=S)NCCc2ccc(Cl)c(Cl)c2)cc1Cl. The van der Waals surface area contributed by atoms with Crippen LogP contribution in [-0.2, 0) is 6.42 Å². The molecule has 0 aliphatic rings. The Morgan fingerprint density at radius 1 is 1.00 bits per heavy atom. The molecular formula is C15H12Cl3FN2S. The maximum Gasteiger partial charge on any atom is 0.170 e. The van der Waals surface area contributed by atoms with Gasteiger partial charge in [0.05, 0.1) is 15.1 Å². The maximum absolute atomic E-state index is 13.1. The number of hydrogen-bond acceptors (Lipinski definition) is 1. The van der Waals surface area contributed by atoms with E-state index in [4.69, 9.17) is 47.0 Å². The van der Waals surface area contributed by atoms with E-state index < -0.39 is 5.82 Å². The van der Waals surface area contributed by atoms with Crippen LogP contribution in [0.5, 0.6) is 0 Å². The number of nitrogens with one attached hydrogen (secondary N) is 2. The average molecular weight is 378 g/mol. The molecule has 2 rings (SSSR count). The number of anilines is 1. The second kappa shape index (κ2) is 7.97. The quantitative estimate of drug-likeness (QED) is 0.706. The van der Waals surface area contributed by atoms with Crippen molar-refractivity contribution in [2.45, 2.75) is 6.42 Å². The highest BCUT2D eigenvalue weighted by Crippen LogP contribution is 2.22. The fourth-order valence-corrected chi connectivity index (χ4v) is 2.49. The topological polar surface area (TPSA) is 24.1 Å². The monoisotopic (exact) mass is 376 g/mol. The van der Waals surface area contributed by atoms with Crippen LogP contribution in [-0.4, -0.2) is 11.7 Å². The average Bonchev–Trinajstić information content (AvgIpc) is 2.47. The van der Waals surface area contributed by atoms with E-state index in [1.54, 1.807) is 12.1 Å². The Labute approximate surface area is 148 Å². The Hall–Kier alpha value is -1.07. The van der Waals surface area contributed by atoms with Crippen molar-refractivity contribution < 1.29 is 4.39 Å². The molecule has 0 amide bonds. The fraction of sp³-hybridized carbons (Fsp3) is 0.133. The Bertz CT molecular complexity index is 694. The third-order valence-corrected chi connectivity index (χ3v) is 4.14. The van der Waals surface area contributed by atoms with Crippen LogP contribution in [0.3, 0.4) is 0 Å². The third kappa shape index (κ3) is 4.99. The van der Waals surface area contributed by atoms with Crippen molar-refractivity contribution in [3.63, 3.8) is 0 Å². The van der Waals surface area contributed by atoms with Gasteiger partial charge in [-0.25, -0.2) is 4.39 Å². The molecular weight excluding hydrogens is 366 g/mol. The predicted molar refractivity (Wildman–Crippen MR) is 95.8 cm³/mol. The summed E-state index contributed by atoms with van der Waals surface area (Å²) in [6.45, 7) is 0.624. The van der Waals surface area contributed by atoms with E-state index in [9.17, 15) is 4.39 Å². The molecule has 0 bridgehead atoms. The molecule has 0 saturated heterocycles. The molecule has 0 fully saturated rings. The number of rotatable bonds is 4. The van der Waals surface area contributed by atoms with E-state index in [2.05, 4.69) is 10.6 Å². The summed E-state index contributed by atoms with van der Waals surface area (Å²) in [5.74, 6) is -0.467. The molecule has 0 spiro atoms. The predicted octanol–water partition coefficient (Wildman–Crippen LogP) is 5.32. The highest BCUT2D eigenvalue weighted by molar-refractivity contribution is 7.80. The first-order valence-electron chi connectivity index (χ1n) is 6.39. The van der Waals surface area contributed by atoms with Crippen molar-refractivity contribution in [2.24, 2.45) is 0 Å². The highest BCUT2D eigenvalue weighted by atomic mass is 35.5. The van der Waals surface area contributed by atoms with Crippen molar-refractivity contribution in [1.82, 2.24) is 5.32 Å². The van der Waals surface area contributed by atoms with Gasteiger partial charge in [-0.2, -0.15) is 0 Å². The Kier molecular flexibility index (Phi) is 6.26. The minimum Gasteiger partial charge on any atom is -0.362 e. The molecule has 2 aromatic carbocycles. The van der Waals surface area contributed by atoms with E-state index in [0.717, 1.165) is 12.0 Å². The van der Waals surface area contributed by atoms with Crippen molar-refractivity contribution >= 4 is 57.8 Å². The summed E-state index contributed by atoms with van der Waals surface area (Å²) in [4.78, 5) is 0. The molecule has 2 N–H and O–H groups in total. The summed E-state index contributed by atoms with van der Waals surface area (Å²) < 4.78 is 13.1. The van der Waals surface area contributed by atoms with Gasteiger partial charge in [-0.1, -0.05) is 40.9 Å². The van der Waals surface area contributed by atoms with Gasteiger partial charge < -0.3 is 10.6 Å². The summed E-state index contributed by atoms with van der Waals surface area (Å²) in [6, 6.07) is 9.81. The number of thiocarbonyl (C=S) groups is 1. The summed E-state index contributed by atoms with van der Waals surface area (Å²) >= 11 is 22.7. The minimum absolute atomic E-state index is 0.0450. The van der Waals surface area contributed by atoms with E-state index in [1.165, 1.54) is 12.1 Å². The number of hydrogen-bond donors (Lipinski definition) is 2. The fourth-order valence-electron chi connectivity index (χ4n) is 1.76. The van der Waals surface area contributed by atoms with Crippen LogP contribution in [0.4, 0.5) is 10.1 Å². The van der Waals surface area contributed by atoms with Crippen LogP contribution >= 0.6 is 47.0 Å². The molecule has 22 heavy (non-hydrogen) atoms. The van der Waals surface area contributed by atoms with Crippen molar-refractivity contribution in [2.75, 3.05) is 11.9 Å². The van der Waals surface area contributed by atoms with Gasteiger partial charge in [-0.05, 0) is 54.5 Å². The standard InChI is InChI=1S/C15H12Cl3FN2S/c16-11-3-1-9(7-12(11)17)5-6-20-15(22)21-10-2-4-14(19)13(18)8-10/h1-4,7-8H,5-6H2,(H2,20,21,22). The van der Waals surface area contributed by atoms with Crippen LogP contribution in [0.2, 0.25) is 15.1 Å². The van der Waals surface area contributed by atoms with Gasteiger partial charge in [0.1, 0.15) is 5.82 Å². The van der Waals surface area contributed by atoms with Crippen LogP contribution in [0.1, 0.15) is 5.56 Å². The van der Waals surface area contributed by atoms with Gasteiger partial charge in [-0.3, -0.25) is 0 Å². The summed E-state index contributed by atoms with van der Waals surface area (Å²) in [5.41, 5.74) is 1.67. The molecule has 7 heteroatoms. The van der Waals surface area contributed by atoms with Gasteiger partial charge in [0.15, 0.2) is 5.11 Å². The highest BCUT2D eigenvalue weighted by Gasteiger charge is 2.03. The molecule has 0 aromatic heterocycles. The smallest absolute Gasteiger partial charge is 0.170 e. The molecule has 0 unspecified atom stereocenters. The molecule has 0 heterocycles. The first-order valence-corrected chi connectivity index (χ1v) is 7.94. The molecule has 0 aliphatic heterocycles. The summed E-state index contributed by atoms with van der Waals surface area (Å²) in [6.07, 6.45) is 0.739. The molecule has 116 valence electrons. The van der Waals surface area contributed by atoms with E-state index >= 15 is 0 Å². The van der Waals surface area contributed by atoms with Crippen LogP contribution < -0.4 is 10.6 Å². The second-order valence-electron chi connectivity index (χ2n) is 4.51. The lowest BCUT2D eigenvalue weighted by Gasteiger charge is -2.11. The molecule has 0 aliphatic carbocycles. The summed E-state index contributed by atoms with van der Waals surface area (Å²) in [5, 5.41) is 7.53. The Balaban J connectivity index is 1.82. The molecule has 0 atom stereocenters. The van der Waals surface area contributed by atoms with Crippen LogP contribution in [0.25, 0.3) is 0 Å². The van der Waals surface area contributed by atoms with Gasteiger partial charge in [0.2, 0.25) is 0 Å². The molecule has 0 saturated carbocycles. The molecule has 2 aromatic rings. The van der Waals surface area contributed by atoms with Crippen molar-refractivity contribution in [1.29, 1.82) is 0 Å². The van der Waals surface area contributed by atoms with E-state index in [1.807, 2.05) is 12.1 Å². The lowest BCUT2D eigenvalue weighted by atomic mass is 10.1. The Morgan fingerprint density at radius 3 is 2.45 bits per heavy atom. The zero-order chi connectivity index (χ0) is 16.1. The van der Waals surface area contributed by atoms with Crippen molar-refractivity contribution in [3.05, 3.63) is 62.8 Å². The van der Waals surface area contributed by atoms with E-state index in [0.29, 0.717) is 27.4 Å². The first-order chi connectivity index (χ1) is 10.5. The van der Waals surface area contributed by atoms with Gasteiger partial charge >= 0.3 is 0 Å². The van der Waals surface area contributed by atoms with Crippen molar-refractivity contribution in [3.8, 4) is 0 Å². The largest absolute Gasteiger partial charge is 0.362 e. The van der Waals surface area contributed by atoms with Crippen LogP contribution in [0.15, 0.2) is 36.4 Å². The maximum atomic E-state index is 13.1. The summed E-state index contributed by atoms with van der Waals surface area (Å²) in [7, 11) is 0. The second-order valence-corrected chi connectivity index (χ2v) is 6.14. The number of halogens is 4. The molecule has 0 radical (unpaired) electrons. The first kappa shape index (κ1) is 17.3.